The Morgan fingerprint density at radius 1 is 0.716 bits per heavy atom. The Balaban J connectivity index is 1.64. The summed E-state index contributed by atoms with van der Waals surface area (Å²) in [5.74, 6) is -5.07. The molecule has 0 heterocycles. The quantitative estimate of drug-likeness (QED) is 0.0528. The molecular formula is C48H64N8O10S. The second kappa shape index (κ2) is 26.5. The van der Waals surface area contributed by atoms with Crippen LogP contribution in [-0.2, 0) is 38.5 Å². The first-order valence-corrected chi connectivity index (χ1v) is 24.6. The van der Waals surface area contributed by atoms with Crippen LogP contribution in [0.25, 0.3) is 0 Å². The van der Waals surface area contributed by atoms with Crippen LogP contribution in [-0.4, -0.2) is 99.0 Å². The molecule has 4 unspecified atom stereocenters. The molecule has 0 spiro atoms. The van der Waals surface area contributed by atoms with E-state index in [9.17, 15) is 42.0 Å². The number of ether oxygens (including phenoxy) is 1. The van der Waals surface area contributed by atoms with Crippen LogP contribution in [0.2, 0.25) is 0 Å². The van der Waals surface area contributed by atoms with Crippen molar-refractivity contribution in [2.75, 3.05) is 25.2 Å². The number of urea groups is 1. The first kappa shape index (κ1) is 53.0. The van der Waals surface area contributed by atoms with Crippen molar-refractivity contribution in [1.82, 2.24) is 37.3 Å². The molecule has 4 atom stereocenters. The van der Waals surface area contributed by atoms with Crippen LogP contribution >= 0.6 is 0 Å². The Morgan fingerprint density at radius 3 is 1.79 bits per heavy atom. The van der Waals surface area contributed by atoms with Gasteiger partial charge in [-0.1, -0.05) is 137 Å². The molecular weight excluding hydrogens is 881 g/mol. The Bertz CT molecular complexity index is 2240. The van der Waals surface area contributed by atoms with E-state index in [0.717, 1.165) is 36.6 Å². The summed E-state index contributed by atoms with van der Waals surface area (Å²) in [6, 6.07) is 20.0. The molecule has 0 aromatic heterocycles. The molecule has 0 aliphatic heterocycles. The lowest BCUT2D eigenvalue weighted by Gasteiger charge is -2.31. The molecule has 18 nitrogen and oxygen atoms in total. The molecule has 19 heteroatoms. The molecule has 3 aromatic rings. The Labute approximate surface area is 392 Å². The van der Waals surface area contributed by atoms with Crippen LogP contribution in [0, 0.1) is 11.8 Å². The fraction of sp³-hybridized carbons (Fsp3) is 0.458. The Kier molecular flexibility index (Phi) is 21.0. The van der Waals surface area contributed by atoms with E-state index in [1.165, 1.54) is 6.92 Å². The highest BCUT2D eigenvalue weighted by Crippen LogP contribution is 2.27. The maximum atomic E-state index is 14.3. The van der Waals surface area contributed by atoms with Gasteiger partial charge < -0.3 is 36.6 Å². The van der Waals surface area contributed by atoms with Gasteiger partial charge >= 0.3 is 12.1 Å². The minimum absolute atomic E-state index is 0.0120. The molecule has 1 saturated carbocycles. The van der Waals surface area contributed by atoms with E-state index in [1.807, 2.05) is 74.5 Å². The fourth-order valence-corrected chi connectivity index (χ4v) is 8.44. The molecule has 67 heavy (non-hydrogen) atoms. The third-order valence-electron chi connectivity index (χ3n) is 10.9. The number of nitrogens with one attached hydrogen (secondary N) is 7. The monoisotopic (exact) mass is 944 g/mol. The average molecular weight is 945 g/mol. The summed E-state index contributed by atoms with van der Waals surface area (Å²) in [5, 5.41) is 19.9. The molecule has 7 amide bonds. The molecule has 0 bridgehead atoms. The van der Waals surface area contributed by atoms with Crippen LogP contribution in [0.3, 0.4) is 0 Å². The third-order valence-corrected chi connectivity index (χ3v) is 11.8. The zero-order chi connectivity index (χ0) is 48.9. The van der Waals surface area contributed by atoms with Crippen molar-refractivity contribution in [3.05, 3.63) is 108 Å². The van der Waals surface area contributed by atoms with E-state index < -0.39 is 93.8 Å². The molecule has 0 radical (unpaired) electrons. The number of nitrogens with zero attached hydrogens (tertiary/aromatic N) is 1. The zero-order valence-corrected chi connectivity index (χ0v) is 39.5. The van der Waals surface area contributed by atoms with Gasteiger partial charge in [0.2, 0.25) is 17.7 Å². The number of alkyl carbamates (subject to hydrolysis) is 1. The molecule has 1 aliphatic carbocycles. The lowest BCUT2D eigenvalue weighted by molar-refractivity contribution is -0.130. The highest BCUT2D eigenvalue weighted by molar-refractivity contribution is 7.90. The van der Waals surface area contributed by atoms with E-state index in [4.69, 9.17) is 4.74 Å². The van der Waals surface area contributed by atoms with Gasteiger partial charge in [-0.25, -0.2) is 23.4 Å². The number of hydrazone groups is 1. The highest BCUT2D eigenvalue weighted by Gasteiger charge is 2.36. The number of benzene rings is 3. The van der Waals surface area contributed by atoms with Crippen molar-refractivity contribution in [3.63, 3.8) is 0 Å². The van der Waals surface area contributed by atoms with E-state index in [0.29, 0.717) is 24.8 Å². The van der Waals surface area contributed by atoms with Crippen molar-refractivity contribution in [3.8, 4) is 0 Å². The van der Waals surface area contributed by atoms with Crippen LogP contribution in [0.1, 0.15) is 101 Å². The first-order valence-electron chi connectivity index (χ1n) is 22.5. The van der Waals surface area contributed by atoms with E-state index in [2.05, 4.69) is 42.4 Å². The van der Waals surface area contributed by atoms with Gasteiger partial charge in [0.15, 0.2) is 5.78 Å². The summed E-state index contributed by atoms with van der Waals surface area (Å²) in [6.45, 7) is 6.20. The highest BCUT2D eigenvalue weighted by atomic mass is 32.2. The number of carbonyl (C=O) groups is 7. The predicted octanol–water partition coefficient (Wildman–Crippen LogP) is 4.14. The van der Waals surface area contributed by atoms with Gasteiger partial charge in [-0.15, -0.1) is 0 Å². The van der Waals surface area contributed by atoms with Crippen molar-refractivity contribution in [2.24, 2.45) is 16.9 Å². The molecule has 0 saturated heterocycles. The van der Waals surface area contributed by atoms with E-state index >= 15 is 0 Å². The number of hydrogen-bond donors (Lipinski definition) is 7. The van der Waals surface area contributed by atoms with Crippen LogP contribution in [0.15, 0.2) is 96.1 Å². The van der Waals surface area contributed by atoms with Crippen LogP contribution < -0.4 is 37.3 Å². The maximum Gasteiger partial charge on any atom is 0.407 e. The number of Topliss-reactive ketones (excluding diaryl/α,β-unsaturated/α-hetero) is 1. The Hall–Kier alpha value is -6.63. The maximum absolute atomic E-state index is 14.3. The topological polar surface area (TPSA) is 259 Å². The minimum atomic E-state index is -3.95. The van der Waals surface area contributed by atoms with E-state index in [-0.39, 0.29) is 30.6 Å². The molecule has 1 fully saturated rings. The summed E-state index contributed by atoms with van der Waals surface area (Å²) in [7, 11) is -3.95. The molecule has 3 aromatic carbocycles. The SMILES string of the molecule is CCCC(NC(=O)C(CS(C)(=O)=O)NC(=O)C(NC(=O)OCC(C)C)C1CCCCC1)/C(=N\NC(=O)NC(c1ccccc1)c1ccccc1)C(=O)NCC(=O)NC(C(C)=O)c1ccccc1. The van der Waals surface area contributed by atoms with Crippen LogP contribution in [0.5, 0.6) is 0 Å². The van der Waals surface area contributed by atoms with Gasteiger partial charge in [0.1, 0.15) is 33.7 Å². The van der Waals surface area contributed by atoms with E-state index in [1.54, 1.807) is 37.3 Å². The number of sulfone groups is 1. The van der Waals surface area contributed by atoms with Crippen LogP contribution in [0.4, 0.5) is 9.59 Å². The van der Waals surface area contributed by atoms with Gasteiger partial charge in [0, 0.05) is 6.26 Å². The second-order valence-electron chi connectivity index (χ2n) is 17.1. The van der Waals surface area contributed by atoms with Crippen molar-refractivity contribution in [2.45, 2.75) is 103 Å². The molecule has 4 rings (SSSR count). The largest absolute Gasteiger partial charge is 0.449 e. The average Bonchev–Trinajstić information content (AvgIpc) is 3.30. The lowest BCUT2D eigenvalue weighted by atomic mass is 9.83. The zero-order valence-electron chi connectivity index (χ0n) is 38.7. The Morgan fingerprint density at radius 2 is 1.27 bits per heavy atom. The lowest BCUT2D eigenvalue weighted by Crippen LogP contribution is -2.60. The number of amides is 7. The predicted molar refractivity (Wildman–Crippen MR) is 253 cm³/mol. The van der Waals surface area contributed by atoms with Gasteiger partial charge in [0.25, 0.3) is 5.91 Å². The standard InChI is InChI=1S/C48H64N8O10S/c1-6-19-37(50-44(59)38(30-67(5,64)65)51-46(61)42(36-26-17-10-18-27-36)54-48(63)66-29-31(2)3)43(45(60)49-28-39(58)52-40(32(4)57)33-20-11-7-12-21-33)55-56-47(62)53-41(34-22-13-8-14-23-34)35-24-15-9-16-25-35/h7-9,11-16,20-25,31,36-38,40-42H,6,10,17-19,26-30H2,1-5H3,(H,49,60)(H,50,59)(H,51,61)(H,52,58)(H,54,63)(H2,53,56,62)/b55-43+. The molecule has 1 aliphatic rings. The summed E-state index contributed by atoms with van der Waals surface area (Å²) < 4.78 is 30.9. The normalized spacial score (nSPS) is 14.9. The van der Waals surface area contributed by atoms with Gasteiger partial charge in [-0.3, -0.25) is 24.0 Å². The van der Waals surface area contributed by atoms with Crippen molar-refractivity contribution in [1.29, 1.82) is 0 Å². The fourth-order valence-electron chi connectivity index (χ4n) is 7.60. The number of hydrogen-bond acceptors (Lipinski definition) is 11. The van der Waals surface area contributed by atoms with Crippen molar-refractivity contribution >= 4 is 57.1 Å². The van der Waals surface area contributed by atoms with Gasteiger partial charge in [-0.05, 0) is 54.7 Å². The van der Waals surface area contributed by atoms with Gasteiger partial charge in [-0.2, -0.15) is 5.10 Å². The smallest absolute Gasteiger partial charge is 0.407 e. The van der Waals surface area contributed by atoms with Crippen molar-refractivity contribution < 1.29 is 46.7 Å². The summed E-state index contributed by atoms with van der Waals surface area (Å²) in [6.07, 6.45) is 4.11. The summed E-state index contributed by atoms with van der Waals surface area (Å²) in [5.41, 5.74) is 3.87. The second-order valence-corrected chi connectivity index (χ2v) is 19.2. The number of rotatable bonds is 23. The van der Waals surface area contributed by atoms with Gasteiger partial charge in [0.05, 0.1) is 31.0 Å². The summed E-state index contributed by atoms with van der Waals surface area (Å²) >= 11 is 0. The number of ketones is 1. The molecule has 362 valence electrons. The summed E-state index contributed by atoms with van der Waals surface area (Å²) in [4.78, 5) is 94.7. The number of carbonyl (C=O) groups excluding carboxylic acids is 7. The third kappa shape index (κ3) is 17.9. The first-order chi connectivity index (χ1) is 31.9. The minimum Gasteiger partial charge on any atom is -0.449 e. The molecule has 7 N–H and O–H groups in total.